The molecule has 0 saturated heterocycles. The van der Waals surface area contributed by atoms with Crippen LogP contribution < -0.4 is 14.8 Å². The van der Waals surface area contributed by atoms with Crippen molar-refractivity contribution in [2.24, 2.45) is 5.10 Å². The van der Waals surface area contributed by atoms with Crippen molar-refractivity contribution in [1.82, 2.24) is 15.0 Å². The summed E-state index contributed by atoms with van der Waals surface area (Å²) < 4.78 is 17.6. The van der Waals surface area contributed by atoms with Crippen LogP contribution in [0.25, 0.3) is 0 Å². The summed E-state index contributed by atoms with van der Waals surface area (Å²) >= 11 is 0. The van der Waals surface area contributed by atoms with Crippen molar-refractivity contribution in [3.63, 3.8) is 0 Å². The maximum absolute atomic E-state index is 12.9. The summed E-state index contributed by atoms with van der Waals surface area (Å²) in [7, 11) is 1.62. The van der Waals surface area contributed by atoms with Gasteiger partial charge in [-0.3, -0.25) is 4.79 Å². The van der Waals surface area contributed by atoms with Crippen molar-refractivity contribution >= 4 is 23.4 Å². The lowest BCUT2D eigenvalue weighted by Gasteiger charge is -2.29. The second-order valence-electron chi connectivity index (χ2n) is 9.44. The van der Waals surface area contributed by atoms with Crippen LogP contribution in [-0.2, 0) is 11.3 Å². The molecule has 2 amide bonds. The number of anilines is 1. The van der Waals surface area contributed by atoms with Crippen LogP contribution in [0.1, 0.15) is 60.8 Å². The second kappa shape index (κ2) is 11.9. The van der Waals surface area contributed by atoms with E-state index in [1.54, 1.807) is 31.4 Å². The second-order valence-corrected chi connectivity index (χ2v) is 9.44. The fourth-order valence-electron chi connectivity index (χ4n) is 4.73. The van der Waals surface area contributed by atoms with Gasteiger partial charge in [0.25, 0.3) is 5.91 Å². The van der Waals surface area contributed by atoms with E-state index in [-0.39, 0.29) is 18.5 Å². The molecule has 1 fully saturated rings. The number of ether oxygens (including phenoxy) is 3. The fourth-order valence-corrected chi connectivity index (χ4v) is 4.73. The zero-order chi connectivity index (χ0) is 27.2. The number of rotatable bonds is 9. The van der Waals surface area contributed by atoms with E-state index in [4.69, 9.17) is 19.3 Å². The molecule has 3 aromatic rings. The Hall–Kier alpha value is -4.47. The number of methoxy groups -OCH3 is 1. The molecule has 2 aromatic carbocycles. The van der Waals surface area contributed by atoms with Gasteiger partial charge in [0.05, 0.1) is 19.8 Å². The van der Waals surface area contributed by atoms with Gasteiger partial charge < -0.3 is 19.5 Å². The number of hydrogen-bond donors (Lipinski definition) is 1. The van der Waals surface area contributed by atoms with Crippen molar-refractivity contribution in [2.45, 2.75) is 57.8 Å². The molecule has 1 N–H and O–H groups in total. The topological polar surface area (TPSA) is 115 Å². The summed E-state index contributed by atoms with van der Waals surface area (Å²) in [5.41, 5.74) is 2.75. The Morgan fingerprint density at radius 3 is 2.62 bits per heavy atom. The van der Waals surface area contributed by atoms with Crippen LogP contribution in [0.15, 0.2) is 66.0 Å². The van der Waals surface area contributed by atoms with Gasteiger partial charge in [-0.2, -0.15) is 10.1 Å². The Labute approximate surface area is 227 Å². The maximum atomic E-state index is 12.9. The summed E-state index contributed by atoms with van der Waals surface area (Å²) in [5.74, 6) is 0.960. The Kier molecular flexibility index (Phi) is 8.00. The summed E-state index contributed by atoms with van der Waals surface area (Å²) in [5, 5.41) is 8.80. The third-order valence-corrected chi connectivity index (χ3v) is 6.70. The highest BCUT2D eigenvalue weighted by Crippen LogP contribution is 2.34. The lowest BCUT2D eigenvalue weighted by atomic mass is 10.0. The first kappa shape index (κ1) is 26.1. The number of carbonyl (C=O) groups excluding carboxylic acids is 2. The van der Waals surface area contributed by atoms with Crippen LogP contribution in [0.2, 0.25) is 0 Å². The van der Waals surface area contributed by atoms with Crippen molar-refractivity contribution in [2.75, 3.05) is 12.4 Å². The minimum atomic E-state index is -0.534. The molecule has 202 valence electrons. The van der Waals surface area contributed by atoms with E-state index in [9.17, 15) is 9.59 Å². The Morgan fingerprint density at radius 2 is 1.87 bits per heavy atom. The zero-order valence-electron chi connectivity index (χ0n) is 22.0. The third kappa shape index (κ3) is 6.17. The smallest absolute Gasteiger partial charge is 0.431 e. The van der Waals surface area contributed by atoms with Gasteiger partial charge >= 0.3 is 6.09 Å². The van der Waals surface area contributed by atoms with E-state index >= 15 is 0 Å². The minimum Gasteiger partial charge on any atom is -0.493 e. The van der Waals surface area contributed by atoms with Crippen LogP contribution in [0, 0.1) is 0 Å². The predicted octanol–water partition coefficient (Wildman–Crippen LogP) is 5.19. The number of amides is 2. The molecule has 0 spiro atoms. The van der Waals surface area contributed by atoms with E-state index in [1.807, 2.05) is 31.2 Å². The van der Waals surface area contributed by atoms with Crippen LogP contribution in [0.3, 0.4) is 0 Å². The molecule has 5 rings (SSSR count). The van der Waals surface area contributed by atoms with Gasteiger partial charge in [0.15, 0.2) is 11.5 Å². The van der Waals surface area contributed by atoms with Crippen molar-refractivity contribution in [1.29, 1.82) is 0 Å². The largest absolute Gasteiger partial charge is 0.493 e. The molecular formula is C29H31N5O5. The maximum Gasteiger partial charge on any atom is 0.431 e. The number of nitrogens with zero attached hydrogens (tertiary/aromatic N) is 4. The molecule has 0 bridgehead atoms. The van der Waals surface area contributed by atoms with E-state index in [0.717, 1.165) is 36.8 Å². The van der Waals surface area contributed by atoms with Gasteiger partial charge in [-0.05, 0) is 74.1 Å². The van der Waals surface area contributed by atoms with Crippen LogP contribution in [-0.4, -0.2) is 52.0 Å². The monoisotopic (exact) mass is 529 g/mol. The van der Waals surface area contributed by atoms with Gasteiger partial charge in [0.2, 0.25) is 5.82 Å². The van der Waals surface area contributed by atoms with Gasteiger partial charge in [0, 0.05) is 23.6 Å². The Morgan fingerprint density at radius 1 is 1.08 bits per heavy atom. The van der Waals surface area contributed by atoms with Gasteiger partial charge in [0.1, 0.15) is 11.8 Å². The van der Waals surface area contributed by atoms with E-state index in [2.05, 4.69) is 15.3 Å². The van der Waals surface area contributed by atoms with Crippen molar-refractivity contribution in [3.05, 3.63) is 77.9 Å². The number of hydrogen-bond acceptors (Lipinski definition) is 8. The predicted molar refractivity (Wildman–Crippen MR) is 145 cm³/mol. The molecule has 39 heavy (non-hydrogen) atoms. The standard InChI is InChI=1S/C29H31N5O5/c1-3-23-26(20-12-13-24(37-2)25(17-20)38-22-10-4-5-11-22)33-34(29(36)39-23)18-19-8-6-9-21(16-19)32-28(35)27-30-14-7-15-31-27/h6-9,12-17,22-23H,3-5,10-11,18H2,1-2H3,(H,32,35). The van der Waals surface area contributed by atoms with Crippen molar-refractivity contribution in [3.8, 4) is 11.5 Å². The van der Waals surface area contributed by atoms with E-state index in [0.29, 0.717) is 29.3 Å². The molecule has 1 aromatic heterocycles. The highest BCUT2D eigenvalue weighted by Gasteiger charge is 2.31. The van der Waals surface area contributed by atoms with Crippen molar-refractivity contribution < 1.29 is 23.8 Å². The first-order valence-corrected chi connectivity index (χ1v) is 13.1. The van der Waals surface area contributed by atoms with Gasteiger partial charge in [-0.15, -0.1) is 0 Å². The van der Waals surface area contributed by atoms with Crippen LogP contribution in [0.5, 0.6) is 11.5 Å². The molecule has 1 saturated carbocycles. The minimum absolute atomic E-state index is 0.0677. The quantitative estimate of drug-likeness (QED) is 0.405. The summed E-state index contributed by atoms with van der Waals surface area (Å²) in [4.78, 5) is 33.3. The zero-order valence-corrected chi connectivity index (χ0v) is 22.0. The Bertz CT molecular complexity index is 1360. The number of nitrogens with one attached hydrogen (secondary N) is 1. The molecule has 1 atom stereocenters. The highest BCUT2D eigenvalue weighted by molar-refractivity contribution is 6.06. The number of benzene rings is 2. The summed E-state index contributed by atoms with van der Waals surface area (Å²) in [6, 6.07) is 14.5. The molecule has 1 aliphatic carbocycles. The molecule has 10 nitrogen and oxygen atoms in total. The first-order chi connectivity index (χ1) is 19.0. The SMILES string of the molecule is CCC1OC(=O)N(Cc2cccc(NC(=O)c3ncccn3)c2)N=C1c1ccc(OC)c(OC2CCCC2)c1. The molecule has 0 radical (unpaired) electrons. The first-order valence-electron chi connectivity index (χ1n) is 13.1. The molecular weight excluding hydrogens is 498 g/mol. The summed E-state index contributed by atoms with van der Waals surface area (Å²) in [6.07, 6.45) is 7.10. The molecule has 1 unspecified atom stereocenters. The highest BCUT2D eigenvalue weighted by atomic mass is 16.6. The average molecular weight is 530 g/mol. The Balaban J connectivity index is 1.37. The third-order valence-electron chi connectivity index (χ3n) is 6.70. The number of hydrazone groups is 1. The molecule has 1 aliphatic heterocycles. The number of cyclic esters (lactones) is 1. The van der Waals surface area contributed by atoms with Gasteiger partial charge in [-0.1, -0.05) is 19.1 Å². The number of carbonyl (C=O) groups is 2. The molecule has 10 heteroatoms. The number of aromatic nitrogens is 2. The van der Waals surface area contributed by atoms with Gasteiger partial charge in [-0.25, -0.2) is 14.8 Å². The summed E-state index contributed by atoms with van der Waals surface area (Å²) in [6.45, 7) is 2.11. The van der Waals surface area contributed by atoms with E-state index in [1.165, 1.54) is 17.4 Å². The lowest BCUT2D eigenvalue weighted by molar-refractivity contribution is 0.0712. The molecule has 2 aliphatic rings. The van der Waals surface area contributed by atoms with Crippen LogP contribution >= 0.6 is 0 Å². The van der Waals surface area contributed by atoms with E-state index < -0.39 is 18.1 Å². The van der Waals surface area contributed by atoms with Crippen LogP contribution in [0.4, 0.5) is 10.5 Å². The lowest BCUT2D eigenvalue weighted by Crippen LogP contribution is -2.41. The normalized spacial score (nSPS) is 17.4. The fraction of sp³-hybridized carbons (Fsp3) is 0.345. The molecule has 2 heterocycles. The average Bonchev–Trinajstić information content (AvgIpc) is 3.47.